The Labute approximate surface area is 192 Å². The summed E-state index contributed by atoms with van der Waals surface area (Å²) in [5.41, 5.74) is 8.79. The van der Waals surface area contributed by atoms with Crippen LogP contribution in [0.4, 0.5) is 11.5 Å². The summed E-state index contributed by atoms with van der Waals surface area (Å²) in [4.78, 5) is 12.7. The Bertz CT molecular complexity index is 1220. The molecule has 170 valence electrons. The van der Waals surface area contributed by atoms with E-state index in [0.29, 0.717) is 11.5 Å². The number of nitrogens with one attached hydrogen (secondary N) is 1. The predicted molar refractivity (Wildman–Crippen MR) is 126 cm³/mol. The summed E-state index contributed by atoms with van der Waals surface area (Å²) in [6.07, 6.45) is 0. The van der Waals surface area contributed by atoms with E-state index in [2.05, 4.69) is 10.4 Å². The summed E-state index contributed by atoms with van der Waals surface area (Å²) in [6, 6.07) is 11.8. The SMILES string of the molecule is CCSc1nn(CC(=O)Nc2c(C)cccc2C)c(N)c1S(=O)(=O)c1ccc(OC)cc1. The number of hydrogen-bond donors (Lipinski definition) is 2. The number of methoxy groups -OCH3 is 1. The first-order chi connectivity index (χ1) is 15.2. The van der Waals surface area contributed by atoms with Crippen molar-refractivity contribution in [2.75, 3.05) is 23.9 Å². The molecule has 0 atom stereocenters. The fraction of sp³-hybridized carbons (Fsp3) is 0.273. The molecule has 1 heterocycles. The van der Waals surface area contributed by atoms with Crippen LogP contribution in [0, 0.1) is 13.8 Å². The number of nitrogen functional groups attached to an aromatic ring is 1. The number of ether oxygens (including phenoxy) is 1. The second-order valence-corrected chi connectivity index (χ2v) is 10.2. The first-order valence-corrected chi connectivity index (χ1v) is 12.4. The maximum atomic E-state index is 13.3. The number of sulfone groups is 1. The van der Waals surface area contributed by atoms with Gasteiger partial charge in [-0.2, -0.15) is 5.10 Å². The van der Waals surface area contributed by atoms with Crippen LogP contribution < -0.4 is 15.8 Å². The van der Waals surface area contributed by atoms with Crippen molar-refractivity contribution in [3.8, 4) is 5.75 Å². The first-order valence-electron chi connectivity index (χ1n) is 9.93. The molecule has 0 fully saturated rings. The quantitative estimate of drug-likeness (QED) is 0.478. The van der Waals surface area contributed by atoms with Crippen molar-refractivity contribution in [3.05, 3.63) is 53.6 Å². The van der Waals surface area contributed by atoms with Gasteiger partial charge in [0.2, 0.25) is 15.7 Å². The zero-order chi connectivity index (χ0) is 23.5. The van der Waals surface area contributed by atoms with Gasteiger partial charge >= 0.3 is 0 Å². The van der Waals surface area contributed by atoms with Crippen LogP contribution in [0.15, 0.2) is 57.3 Å². The van der Waals surface area contributed by atoms with Crippen molar-refractivity contribution in [2.24, 2.45) is 0 Å². The predicted octanol–water partition coefficient (Wildman–Crippen LogP) is 3.67. The van der Waals surface area contributed by atoms with Gasteiger partial charge in [-0.05, 0) is 55.0 Å². The average molecular weight is 475 g/mol. The van der Waals surface area contributed by atoms with Crippen LogP contribution in [-0.2, 0) is 21.2 Å². The molecule has 0 saturated heterocycles. The zero-order valence-corrected chi connectivity index (χ0v) is 20.0. The van der Waals surface area contributed by atoms with Crippen molar-refractivity contribution in [3.63, 3.8) is 0 Å². The molecule has 0 aliphatic heterocycles. The van der Waals surface area contributed by atoms with Crippen molar-refractivity contribution in [2.45, 2.75) is 42.1 Å². The Balaban J connectivity index is 1.95. The van der Waals surface area contributed by atoms with E-state index in [4.69, 9.17) is 10.5 Å². The Morgan fingerprint density at radius 1 is 1.16 bits per heavy atom. The normalized spacial score (nSPS) is 11.4. The van der Waals surface area contributed by atoms with Gasteiger partial charge in [-0.1, -0.05) is 25.1 Å². The standard InChI is InChI=1S/C22H26N4O4S2/c1-5-31-22-20(32(28,29)17-11-9-16(30-4)10-12-17)21(23)26(25-22)13-18(27)24-19-14(2)7-6-8-15(19)3/h6-12H,5,13,23H2,1-4H3,(H,24,27). The number of amides is 1. The lowest BCUT2D eigenvalue weighted by atomic mass is 10.1. The number of benzene rings is 2. The maximum absolute atomic E-state index is 13.3. The monoisotopic (exact) mass is 474 g/mol. The van der Waals surface area contributed by atoms with E-state index in [0.717, 1.165) is 16.8 Å². The second-order valence-electron chi connectivity index (χ2n) is 7.10. The van der Waals surface area contributed by atoms with Gasteiger partial charge in [-0.15, -0.1) is 11.8 Å². The number of hydrogen-bond acceptors (Lipinski definition) is 7. The topological polar surface area (TPSA) is 116 Å². The van der Waals surface area contributed by atoms with E-state index < -0.39 is 9.84 Å². The highest BCUT2D eigenvalue weighted by atomic mass is 32.2. The molecule has 1 amide bonds. The number of carbonyl (C=O) groups excluding carboxylic acids is 1. The molecule has 3 rings (SSSR count). The lowest BCUT2D eigenvalue weighted by Gasteiger charge is -2.12. The van der Waals surface area contributed by atoms with E-state index in [-0.39, 0.29) is 33.1 Å². The molecule has 3 aromatic rings. The minimum Gasteiger partial charge on any atom is -0.497 e. The number of thioether (sulfide) groups is 1. The molecule has 0 saturated carbocycles. The smallest absolute Gasteiger partial charge is 0.246 e. The van der Waals surface area contributed by atoms with Gasteiger partial charge in [0, 0.05) is 5.69 Å². The van der Waals surface area contributed by atoms with Crippen LogP contribution in [0.25, 0.3) is 0 Å². The minimum atomic E-state index is -3.95. The van der Waals surface area contributed by atoms with Crippen LogP contribution in [0.2, 0.25) is 0 Å². The zero-order valence-electron chi connectivity index (χ0n) is 18.4. The van der Waals surface area contributed by atoms with Crippen molar-refractivity contribution in [1.29, 1.82) is 0 Å². The number of nitrogens with two attached hydrogens (primary N) is 1. The van der Waals surface area contributed by atoms with Gasteiger partial charge < -0.3 is 15.8 Å². The van der Waals surface area contributed by atoms with Crippen LogP contribution in [0.5, 0.6) is 5.75 Å². The van der Waals surface area contributed by atoms with Crippen LogP contribution in [-0.4, -0.2) is 37.0 Å². The third kappa shape index (κ3) is 4.76. The lowest BCUT2D eigenvalue weighted by molar-refractivity contribution is -0.116. The van der Waals surface area contributed by atoms with Crippen molar-refractivity contribution >= 4 is 39.0 Å². The van der Waals surface area contributed by atoms with Crippen LogP contribution in [0.1, 0.15) is 18.1 Å². The molecule has 3 N–H and O–H groups in total. The highest BCUT2D eigenvalue weighted by molar-refractivity contribution is 8.00. The summed E-state index contributed by atoms with van der Waals surface area (Å²) < 4.78 is 33.0. The van der Waals surface area contributed by atoms with Crippen molar-refractivity contribution < 1.29 is 17.9 Å². The van der Waals surface area contributed by atoms with Gasteiger partial charge in [0.15, 0.2) is 0 Å². The van der Waals surface area contributed by atoms with Crippen molar-refractivity contribution in [1.82, 2.24) is 9.78 Å². The molecule has 0 bridgehead atoms. The van der Waals surface area contributed by atoms with Crippen LogP contribution in [0.3, 0.4) is 0 Å². The molecule has 1 aromatic heterocycles. The highest BCUT2D eigenvalue weighted by Gasteiger charge is 2.30. The Kier molecular flexibility index (Phi) is 7.15. The number of carbonyl (C=O) groups is 1. The molecule has 0 aliphatic rings. The highest BCUT2D eigenvalue weighted by Crippen LogP contribution is 2.35. The first kappa shape index (κ1) is 23.7. The number of aryl methyl sites for hydroxylation is 2. The summed E-state index contributed by atoms with van der Waals surface area (Å²) in [5.74, 6) is 0.710. The van der Waals surface area contributed by atoms with E-state index in [9.17, 15) is 13.2 Å². The van der Waals surface area contributed by atoms with Gasteiger partial charge in [0.1, 0.15) is 28.0 Å². The van der Waals surface area contributed by atoms with E-state index in [1.165, 1.54) is 35.7 Å². The largest absolute Gasteiger partial charge is 0.497 e. The van der Waals surface area contributed by atoms with Gasteiger partial charge in [0.25, 0.3) is 0 Å². The second kappa shape index (κ2) is 9.66. The van der Waals surface area contributed by atoms with E-state index in [1.54, 1.807) is 12.1 Å². The number of aromatic nitrogens is 2. The molecule has 0 radical (unpaired) electrons. The number of rotatable bonds is 8. The average Bonchev–Trinajstić information content (AvgIpc) is 3.06. The number of para-hydroxylation sites is 1. The lowest BCUT2D eigenvalue weighted by Crippen LogP contribution is -2.21. The molecular formula is C22H26N4O4S2. The fourth-order valence-electron chi connectivity index (χ4n) is 3.24. The van der Waals surface area contributed by atoms with Crippen LogP contribution >= 0.6 is 11.8 Å². The molecule has 0 aliphatic carbocycles. The molecule has 2 aromatic carbocycles. The molecule has 0 spiro atoms. The summed E-state index contributed by atoms with van der Waals surface area (Å²) in [6.45, 7) is 5.48. The number of nitrogens with zero attached hydrogens (tertiary/aromatic N) is 2. The molecule has 10 heteroatoms. The van der Waals surface area contributed by atoms with Gasteiger partial charge in [-0.25, -0.2) is 13.1 Å². The molecule has 32 heavy (non-hydrogen) atoms. The minimum absolute atomic E-state index is 0.0717. The summed E-state index contributed by atoms with van der Waals surface area (Å²) >= 11 is 1.25. The Hall–Kier alpha value is -2.98. The summed E-state index contributed by atoms with van der Waals surface area (Å²) in [7, 11) is -2.45. The Morgan fingerprint density at radius 3 is 2.34 bits per heavy atom. The molecule has 8 nitrogen and oxygen atoms in total. The van der Waals surface area contributed by atoms with E-state index in [1.807, 2.05) is 39.0 Å². The summed E-state index contributed by atoms with van der Waals surface area (Å²) in [5, 5.41) is 7.48. The third-order valence-corrected chi connectivity index (χ3v) is 7.68. The fourth-order valence-corrected chi connectivity index (χ4v) is 5.79. The van der Waals surface area contributed by atoms with Gasteiger partial charge in [0.05, 0.1) is 12.0 Å². The van der Waals surface area contributed by atoms with Gasteiger partial charge in [-0.3, -0.25) is 4.79 Å². The van der Waals surface area contributed by atoms with E-state index >= 15 is 0 Å². The number of anilines is 2. The third-order valence-electron chi connectivity index (χ3n) is 4.87. The molecular weight excluding hydrogens is 448 g/mol. The maximum Gasteiger partial charge on any atom is 0.246 e. The Morgan fingerprint density at radius 2 is 1.78 bits per heavy atom. The molecule has 0 unspecified atom stereocenters.